The first-order valence-electron chi connectivity index (χ1n) is 11.6. The van der Waals surface area contributed by atoms with Gasteiger partial charge in [0.05, 0.1) is 0 Å². The first kappa shape index (κ1) is 21.6. The summed E-state index contributed by atoms with van der Waals surface area (Å²) in [6, 6.07) is 17.3. The minimum atomic E-state index is -0.787. The largest absolute Gasteiger partial charge is 0.204 e. The van der Waals surface area contributed by atoms with E-state index in [4.69, 9.17) is 0 Å². The van der Waals surface area contributed by atoms with E-state index in [0.29, 0.717) is 11.8 Å². The number of rotatable bonds is 5. The van der Waals surface area contributed by atoms with Crippen LogP contribution >= 0.6 is 0 Å². The standard InChI is InChI=1S/C29H30F2/c1-2-3-4-5-21-6-8-22(9-7-21)10-11-23-12-14-24(15-13-23)25-16-17-26-19-28(30)29(31)20-27(26)18-25/h6-9,16-20,23-24H,2-5,12-15H2,1H3. The number of unbranched alkanes of at least 4 members (excludes halogenated alkanes) is 2. The van der Waals surface area contributed by atoms with Crippen LogP contribution in [0.1, 0.15) is 74.5 Å². The topological polar surface area (TPSA) is 0 Å². The lowest BCUT2D eigenvalue weighted by Crippen LogP contribution is -2.12. The smallest absolute Gasteiger partial charge is 0.159 e. The number of fused-ring (bicyclic) bond motifs is 1. The summed E-state index contributed by atoms with van der Waals surface area (Å²) >= 11 is 0. The van der Waals surface area contributed by atoms with Gasteiger partial charge in [-0.05, 0) is 90.6 Å². The van der Waals surface area contributed by atoms with Gasteiger partial charge in [0.15, 0.2) is 11.6 Å². The number of hydrogen-bond acceptors (Lipinski definition) is 0. The third-order valence-corrected chi connectivity index (χ3v) is 6.55. The molecule has 0 amide bonds. The molecule has 2 heteroatoms. The summed E-state index contributed by atoms with van der Waals surface area (Å²) in [6.07, 6.45) is 9.31. The molecule has 0 spiro atoms. The molecule has 0 aromatic heterocycles. The molecule has 0 unspecified atom stereocenters. The number of aryl methyl sites for hydroxylation is 1. The second kappa shape index (κ2) is 10.1. The first-order chi connectivity index (χ1) is 15.1. The fourth-order valence-corrected chi connectivity index (χ4v) is 4.60. The molecule has 0 bridgehead atoms. The maximum absolute atomic E-state index is 13.6. The molecule has 0 saturated heterocycles. The first-order valence-corrected chi connectivity index (χ1v) is 11.6. The van der Waals surface area contributed by atoms with E-state index in [1.54, 1.807) is 0 Å². The molecular formula is C29H30F2. The van der Waals surface area contributed by atoms with Crippen LogP contribution in [0.25, 0.3) is 10.8 Å². The van der Waals surface area contributed by atoms with Crippen LogP contribution in [0.4, 0.5) is 8.78 Å². The van der Waals surface area contributed by atoms with Gasteiger partial charge >= 0.3 is 0 Å². The van der Waals surface area contributed by atoms with Crippen LogP contribution in [0.3, 0.4) is 0 Å². The Morgan fingerprint density at radius 3 is 2.23 bits per heavy atom. The van der Waals surface area contributed by atoms with Gasteiger partial charge in [0, 0.05) is 11.5 Å². The van der Waals surface area contributed by atoms with Gasteiger partial charge in [-0.25, -0.2) is 8.78 Å². The van der Waals surface area contributed by atoms with Gasteiger partial charge in [0.2, 0.25) is 0 Å². The summed E-state index contributed by atoms with van der Waals surface area (Å²) in [6.45, 7) is 2.23. The molecule has 3 aromatic carbocycles. The average Bonchev–Trinajstić information content (AvgIpc) is 2.79. The average molecular weight is 417 g/mol. The Bertz CT molecular complexity index is 1080. The van der Waals surface area contributed by atoms with E-state index in [9.17, 15) is 8.78 Å². The quantitative estimate of drug-likeness (QED) is 0.291. The summed E-state index contributed by atoms with van der Waals surface area (Å²) in [5.41, 5.74) is 3.73. The van der Waals surface area contributed by atoms with Crippen LogP contribution < -0.4 is 0 Å². The van der Waals surface area contributed by atoms with Crippen molar-refractivity contribution in [3.05, 3.63) is 82.9 Å². The van der Waals surface area contributed by atoms with E-state index in [1.165, 1.54) is 42.5 Å². The molecule has 31 heavy (non-hydrogen) atoms. The highest BCUT2D eigenvalue weighted by atomic mass is 19.2. The minimum absolute atomic E-state index is 0.437. The number of benzene rings is 3. The molecule has 3 aromatic rings. The highest BCUT2D eigenvalue weighted by molar-refractivity contribution is 5.83. The zero-order chi connectivity index (χ0) is 21.6. The highest BCUT2D eigenvalue weighted by Gasteiger charge is 2.21. The molecule has 1 saturated carbocycles. The van der Waals surface area contributed by atoms with Crippen molar-refractivity contribution in [2.24, 2.45) is 5.92 Å². The Balaban J connectivity index is 1.34. The van der Waals surface area contributed by atoms with Gasteiger partial charge in [-0.1, -0.05) is 61.9 Å². The van der Waals surface area contributed by atoms with Crippen LogP contribution in [-0.2, 0) is 6.42 Å². The molecule has 0 N–H and O–H groups in total. The van der Waals surface area contributed by atoms with E-state index >= 15 is 0 Å². The van der Waals surface area contributed by atoms with Gasteiger partial charge in [0.25, 0.3) is 0 Å². The molecule has 4 rings (SSSR count). The van der Waals surface area contributed by atoms with Crippen molar-refractivity contribution in [3.63, 3.8) is 0 Å². The van der Waals surface area contributed by atoms with Crippen LogP contribution in [-0.4, -0.2) is 0 Å². The van der Waals surface area contributed by atoms with E-state index in [0.717, 1.165) is 48.4 Å². The van der Waals surface area contributed by atoms with Crippen LogP contribution in [0.5, 0.6) is 0 Å². The predicted octanol–water partition coefficient (Wildman–Crippen LogP) is 8.18. The van der Waals surface area contributed by atoms with E-state index < -0.39 is 11.6 Å². The van der Waals surface area contributed by atoms with Crippen molar-refractivity contribution in [2.45, 2.75) is 64.2 Å². The fraction of sp³-hybridized carbons (Fsp3) is 0.379. The van der Waals surface area contributed by atoms with E-state index in [-0.39, 0.29) is 0 Å². The summed E-state index contributed by atoms with van der Waals surface area (Å²) in [7, 11) is 0. The molecule has 0 heterocycles. The Kier molecular flexibility index (Phi) is 7.03. The highest BCUT2D eigenvalue weighted by Crippen LogP contribution is 2.36. The van der Waals surface area contributed by atoms with Gasteiger partial charge in [-0.2, -0.15) is 0 Å². The van der Waals surface area contributed by atoms with Crippen LogP contribution in [0.15, 0.2) is 54.6 Å². The molecule has 0 nitrogen and oxygen atoms in total. The van der Waals surface area contributed by atoms with E-state index in [1.807, 2.05) is 12.1 Å². The maximum Gasteiger partial charge on any atom is 0.159 e. The lowest BCUT2D eigenvalue weighted by molar-refractivity contribution is 0.385. The lowest BCUT2D eigenvalue weighted by Gasteiger charge is -2.26. The second-order valence-electron chi connectivity index (χ2n) is 8.84. The molecular weight excluding hydrogens is 386 g/mol. The SMILES string of the molecule is CCCCCc1ccc(C#CC2CCC(c3ccc4cc(F)c(F)cc4c3)CC2)cc1. The van der Waals surface area contributed by atoms with Gasteiger partial charge in [0.1, 0.15) is 0 Å². The van der Waals surface area contributed by atoms with Crippen molar-refractivity contribution in [1.29, 1.82) is 0 Å². The van der Waals surface area contributed by atoms with Crippen molar-refractivity contribution >= 4 is 10.8 Å². The van der Waals surface area contributed by atoms with Gasteiger partial charge < -0.3 is 0 Å². The Labute approximate surface area is 184 Å². The third kappa shape index (κ3) is 5.53. The zero-order valence-corrected chi connectivity index (χ0v) is 18.3. The van der Waals surface area contributed by atoms with Crippen LogP contribution in [0, 0.1) is 29.4 Å². The molecule has 1 aliphatic rings. The maximum atomic E-state index is 13.6. The number of hydrogen-bond donors (Lipinski definition) is 0. The lowest BCUT2D eigenvalue weighted by atomic mass is 9.78. The normalized spacial score (nSPS) is 18.5. The summed E-state index contributed by atoms with van der Waals surface area (Å²) < 4.78 is 27.0. The second-order valence-corrected chi connectivity index (χ2v) is 8.84. The molecule has 1 fully saturated rings. The molecule has 0 aliphatic heterocycles. The summed E-state index contributed by atoms with van der Waals surface area (Å²) in [4.78, 5) is 0. The molecule has 0 radical (unpaired) electrons. The molecule has 0 atom stereocenters. The predicted molar refractivity (Wildman–Crippen MR) is 125 cm³/mol. The van der Waals surface area contributed by atoms with Crippen molar-refractivity contribution in [2.75, 3.05) is 0 Å². The van der Waals surface area contributed by atoms with E-state index in [2.05, 4.69) is 49.1 Å². The minimum Gasteiger partial charge on any atom is -0.204 e. The van der Waals surface area contributed by atoms with Crippen LogP contribution in [0.2, 0.25) is 0 Å². The Hall–Kier alpha value is -2.66. The fourth-order valence-electron chi connectivity index (χ4n) is 4.60. The summed E-state index contributed by atoms with van der Waals surface area (Å²) in [5, 5.41) is 1.52. The van der Waals surface area contributed by atoms with Crippen molar-refractivity contribution < 1.29 is 8.78 Å². The monoisotopic (exact) mass is 416 g/mol. The summed E-state index contributed by atoms with van der Waals surface area (Å²) in [5.74, 6) is 6.20. The van der Waals surface area contributed by atoms with Gasteiger partial charge in [-0.3, -0.25) is 0 Å². The molecule has 160 valence electrons. The molecule has 1 aliphatic carbocycles. The van der Waals surface area contributed by atoms with Gasteiger partial charge in [-0.15, -0.1) is 0 Å². The van der Waals surface area contributed by atoms with Crippen molar-refractivity contribution in [3.8, 4) is 11.8 Å². The number of halogens is 2. The Morgan fingerprint density at radius 1 is 0.806 bits per heavy atom. The third-order valence-electron chi connectivity index (χ3n) is 6.55. The zero-order valence-electron chi connectivity index (χ0n) is 18.3. The Morgan fingerprint density at radius 2 is 1.52 bits per heavy atom. The van der Waals surface area contributed by atoms with Crippen molar-refractivity contribution in [1.82, 2.24) is 0 Å².